The highest BCUT2D eigenvalue weighted by Crippen LogP contribution is 2.12. The van der Waals surface area contributed by atoms with Crippen molar-refractivity contribution in [1.82, 2.24) is 15.5 Å². The van der Waals surface area contributed by atoms with Gasteiger partial charge >= 0.3 is 6.09 Å². The van der Waals surface area contributed by atoms with Gasteiger partial charge in [0.15, 0.2) is 17.6 Å². The van der Waals surface area contributed by atoms with E-state index in [0.29, 0.717) is 44.2 Å². The number of likely N-dealkylation sites (tertiary alicyclic amines) is 1. The number of hydrogen-bond acceptors (Lipinski definition) is 3. The highest BCUT2D eigenvalue weighted by molar-refractivity contribution is 5.80. The summed E-state index contributed by atoms with van der Waals surface area (Å²) in [5, 5.41) is 6.41. The minimum Gasteiger partial charge on any atom is -0.450 e. The smallest absolute Gasteiger partial charge is 0.409 e. The van der Waals surface area contributed by atoms with Crippen LogP contribution in [0.3, 0.4) is 0 Å². The number of nitrogens with one attached hydrogen (secondary N) is 2. The quantitative estimate of drug-likeness (QED) is 0.618. The molecule has 1 heterocycles. The fourth-order valence-electron chi connectivity index (χ4n) is 2.87. The van der Waals surface area contributed by atoms with Crippen molar-refractivity contribution in [3.05, 3.63) is 35.4 Å². The molecule has 1 saturated heterocycles. The van der Waals surface area contributed by atoms with Gasteiger partial charge in [-0.3, -0.25) is 4.99 Å². The van der Waals surface area contributed by atoms with E-state index in [0.717, 1.165) is 18.9 Å². The monoisotopic (exact) mass is 368 g/mol. The molecule has 6 nitrogen and oxygen atoms in total. The van der Waals surface area contributed by atoms with Crippen LogP contribution in [0, 0.1) is 11.6 Å². The van der Waals surface area contributed by atoms with Gasteiger partial charge in [0.2, 0.25) is 0 Å². The Morgan fingerprint density at radius 1 is 1.35 bits per heavy atom. The molecule has 0 atom stereocenters. The molecule has 26 heavy (non-hydrogen) atoms. The maximum Gasteiger partial charge on any atom is 0.409 e. The number of benzene rings is 1. The van der Waals surface area contributed by atoms with Crippen molar-refractivity contribution >= 4 is 12.1 Å². The number of amides is 1. The summed E-state index contributed by atoms with van der Waals surface area (Å²) >= 11 is 0. The van der Waals surface area contributed by atoms with Crippen molar-refractivity contribution in [2.24, 2.45) is 4.99 Å². The van der Waals surface area contributed by atoms with Gasteiger partial charge in [-0.2, -0.15) is 0 Å². The van der Waals surface area contributed by atoms with Gasteiger partial charge < -0.3 is 20.3 Å². The Morgan fingerprint density at radius 3 is 2.73 bits per heavy atom. The Labute approximate surface area is 152 Å². The Balaban J connectivity index is 1.75. The topological polar surface area (TPSA) is 66.0 Å². The largest absolute Gasteiger partial charge is 0.450 e. The predicted molar refractivity (Wildman–Crippen MR) is 96.2 cm³/mol. The summed E-state index contributed by atoms with van der Waals surface area (Å²) in [6.45, 7) is 3.85. The van der Waals surface area contributed by atoms with Crippen LogP contribution in [0.2, 0.25) is 0 Å². The third-order valence-electron chi connectivity index (χ3n) is 4.30. The van der Waals surface area contributed by atoms with Crippen molar-refractivity contribution in [3.63, 3.8) is 0 Å². The molecule has 1 fully saturated rings. The molecule has 144 valence electrons. The van der Waals surface area contributed by atoms with Gasteiger partial charge in [0, 0.05) is 32.7 Å². The van der Waals surface area contributed by atoms with E-state index < -0.39 is 11.6 Å². The molecule has 1 aliphatic rings. The van der Waals surface area contributed by atoms with Gasteiger partial charge in [-0.1, -0.05) is 12.1 Å². The minimum absolute atomic E-state index is 0.192. The summed E-state index contributed by atoms with van der Waals surface area (Å²) in [6.07, 6.45) is 1.66. The van der Waals surface area contributed by atoms with E-state index in [4.69, 9.17) is 4.74 Å². The van der Waals surface area contributed by atoms with Crippen molar-refractivity contribution < 1.29 is 18.3 Å². The zero-order valence-corrected chi connectivity index (χ0v) is 15.2. The summed E-state index contributed by atoms with van der Waals surface area (Å²) in [7, 11) is 1.66. The summed E-state index contributed by atoms with van der Waals surface area (Å²) in [5.41, 5.74) is 0.329. The lowest BCUT2D eigenvalue weighted by Crippen LogP contribution is -2.50. The van der Waals surface area contributed by atoms with Crippen LogP contribution in [0.1, 0.15) is 25.3 Å². The zero-order valence-electron chi connectivity index (χ0n) is 15.2. The Kier molecular flexibility index (Phi) is 7.62. The van der Waals surface area contributed by atoms with Crippen LogP contribution in [0.25, 0.3) is 0 Å². The average molecular weight is 368 g/mol. The number of carbonyl (C=O) groups is 1. The van der Waals surface area contributed by atoms with Crippen LogP contribution in [0.4, 0.5) is 13.6 Å². The fourth-order valence-corrected chi connectivity index (χ4v) is 2.87. The van der Waals surface area contributed by atoms with Gasteiger partial charge in [0.25, 0.3) is 0 Å². The first kappa shape index (κ1) is 19.9. The van der Waals surface area contributed by atoms with Crippen LogP contribution in [-0.2, 0) is 11.2 Å². The van der Waals surface area contributed by atoms with E-state index in [1.807, 2.05) is 0 Å². The predicted octanol–water partition coefficient (Wildman–Crippen LogP) is 2.29. The molecule has 2 rings (SSSR count). The molecule has 8 heteroatoms. The molecule has 0 saturated carbocycles. The number of aliphatic imine (C=N–C) groups is 1. The average Bonchev–Trinajstić information content (AvgIpc) is 2.65. The third-order valence-corrected chi connectivity index (χ3v) is 4.30. The summed E-state index contributed by atoms with van der Waals surface area (Å²) < 4.78 is 31.9. The summed E-state index contributed by atoms with van der Waals surface area (Å²) in [5.74, 6) is -1.03. The van der Waals surface area contributed by atoms with Crippen LogP contribution >= 0.6 is 0 Å². The Bertz CT molecular complexity index is 632. The molecule has 0 bridgehead atoms. The summed E-state index contributed by atoms with van der Waals surface area (Å²) in [6, 6.07) is 4.37. The normalized spacial score (nSPS) is 15.7. The number of nitrogens with zero attached hydrogens (tertiary/aromatic N) is 2. The highest BCUT2D eigenvalue weighted by atomic mass is 19.2. The molecule has 0 radical (unpaired) electrons. The number of halogens is 2. The first-order chi connectivity index (χ1) is 12.5. The number of carbonyl (C=O) groups excluding carboxylic acids is 1. The molecule has 1 aliphatic heterocycles. The van der Waals surface area contributed by atoms with E-state index in [1.165, 1.54) is 6.07 Å². The fraction of sp³-hybridized carbons (Fsp3) is 0.556. The van der Waals surface area contributed by atoms with E-state index in [1.54, 1.807) is 24.9 Å². The summed E-state index contributed by atoms with van der Waals surface area (Å²) in [4.78, 5) is 17.6. The molecule has 1 aromatic rings. The molecule has 2 N–H and O–H groups in total. The maximum atomic E-state index is 13.6. The molecule has 1 aromatic carbocycles. The van der Waals surface area contributed by atoms with Gasteiger partial charge in [0.05, 0.1) is 6.61 Å². The number of rotatable bonds is 5. The van der Waals surface area contributed by atoms with Gasteiger partial charge in [-0.15, -0.1) is 0 Å². The van der Waals surface area contributed by atoms with Crippen LogP contribution in [-0.4, -0.2) is 56.3 Å². The lowest BCUT2D eigenvalue weighted by molar-refractivity contribution is 0.0963. The Hall–Kier alpha value is -2.38. The molecular formula is C18H26F2N4O2. The molecule has 1 amide bonds. The van der Waals surface area contributed by atoms with E-state index in [-0.39, 0.29) is 12.1 Å². The SMILES string of the molecule is CCOC(=O)N1CCC(NC(=NC)NCCc2cccc(F)c2F)CC1. The highest BCUT2D eigenvalue weighted by Gasteiger charge is 2.24. The maximum absolute atomic E-state index is 13.6. The third kappa shape index (κ3) is 5.57. The second kappa shape index (κ2) is 9.94. The molecule has 0 aliphatic carbocycles. The minimum atomic E-state index is -0.835. The number of ether oxygens (including phenoxy) is 1. The van der Waals surface area contributed by atoms with Gasteiger partial charge in [-0.25, -0.2) is 13.6 Å². The lowest BCUT2D eigenvalue weighted by Gasteiger charge is -2.32. The van der Waals surface area contributed by atoms with E-state index >= 15 is 0 Å². The van der Waals surface area contributed by atoms with Crippen molar-refractivity contribution in [1.29, 1.82) is 0 Å². The van der Waals surface area contributed by atoms with Crippen LogP contribution in [0.5, 0.6) is 0 Å². The lowest BCUT2D eigenvalue weighted by atomic mass is 10.1. The molecule has 0 unspecified atom stereocenters. The standard InChI is InChI=1S/C18H26F2N4O2/c1-3-26-18(25)24-11-8-14(9-12-24)23-17(21-2)22-10-7-13-5-4-6-15(19)16(13)20/h4-6,14H,3,7-12H2,1-2H3,(H2,21,22,23). The van der Waals surface area contributed by atoms with E-state index in [2.05, 4.69) is 15.6 Å². The van der Waals surface area contributed by atoms with Gasteiger partial charge in [0.1, 0.15) is 0 Å². The molecular weight excluding hydrogens is 342 g/mol. The first-order valence-corrected chi connectivity index (χ1v) is 8.87. The van der Waals surface area contributed by atoms with Crippen LogP contribution < -0.4 is 10.6 Å². The van der Waals surface area contributed by atoms with Crippen molar-refractivity contribution in [3.8, 4) is 0 Å². The number of guanidine groups is 1. The second-order valence-corrected chi connectivity index (χ2v) is 6.07. The van der Waals surface area contributed by atoms with Crippen molar-refractivity contribution in [2.45, 2.75) is 32.2 Å². The van der Waals surface area contributed by atoms with Gasteiger partial charge in [-0.05, 0) is 37.8 Å². The second-order valence-electron chi connectivity index (χ2n) is 6.07. The number of piperidine rings is 1. The first-order valence-electron chi connectivity index (χ1n) is 8.87. The van der Waals surface area contributed by atoms with Crippen molar-refractivity contribution in [2.75, 3.05) is 33.3 Å². The van der Waals surface area contributed by atoms with Crippen LogP contribution in [0.15, 0.2) is 23.2 Å². The molecule has 0 aromatic heterocycles. The molecule has 0 spiro atoms. The zero-order chi connectivity index (χ0) is 18.9. The number of hydrogen-bond donors (Lipinski definition) is 2. The van der Waals surface area contributed by atoms with E-state index in [9.17, 15) is 13.6 Å². The Morgan fingerprint density at radius 2 is 2.08 bits per heavy atom.